The lowest BCUT2D eigenvalue weighted by molar-refractivity contribution is 0.306. The standard InChI is InChI=1S/C14H14ClNO2/c1-17-10-5-7-11(8-6-10)18-9-12-13(15)3-2-4-14(12)16/h2-8H,9,16H2,1H3. The smallest absolute Gasteiger partial charge is 0.120 e. The van der Waals surface area contributed by atoms with Gasteiger partial charge in [0.2, 0.25) is 0 Å². The van der Waals surface area contributed by atoms with Crippen molar-refractivity contribution in [2.45, 2.75) is 6.61 Å². The van der Waals surface area contributed by atoms with Gasteiger partial charge in [-0.05, 0) is 36.4 Å². The Kier molecular flexibility index (Phi) is 3.95. The number of rotatable bonds is 4. The Morgan fingerprint density at radius 2 is 1.72 bits per heavy atom. The minimum atomic E-state index is 0.345. The van der Waals surface area contributed by atoms with Gasteiger partial charge in [0.05, 0.1) is 7.11 Å². The van der Waals surface area contributed by atoms with Crippen molar-refractivity contribution >= 4 is 17.3 Å². The zero-order valence-corrected chi connectivity index (χ0v) is 10.8. The predicted molar refractivity (Wildman–Crippen MR) is 73.2 cm³/mol. The first kappa shape index (κ1) is 12.6. The van der Waals surface area contributed by atoms with Gasteiger partial charge in [-0.25, -0.2) is 0 Å². The number of nitrogen functional groups attached to an aromatic ring is 1. The summed E-state index contributed by atoms with van der Waals surface area (Å²) in [5.74, 6) is 1.54. The van der Waals surface area contributed by atoms with Crippen LogP contribution in [0, 0.1) is 0 Å². The van der Waals surface area contributed by atoms with Gasteiger partial charge in [-0.1, -0.05) is 17.7 Å². The average molecular weight is 264 g/mol. The van der Waals surface area contributed by atoms with Crippen molar-refractivity contribution in [2.24, 2.45) is 0 Å². The van der Waals surface area contributed by atoms with E-state index < -0.39 is 0 Å². The highest BCUT2D eigenvalue weighted by atomic mass is 35.5. The highest BCUT2D eigenvalue weighted by Crippen LogP contribution is 2.24. The Morgan fingerprint density at radius 3 is 2.33 bits per heavy atom. The van der Waals surface area contributed by atoms with Crippen LogP contribution in [-0.4, -0.2) is 7.11 Å². The summed E-state index contributed by atoms with van der Waals surface area (Å²) in [6.45, 7) is 0.345. The fourth-order valence-corrected chi connectivity index (χ4v) is 1.79. The molecule has 0 aromatic heterocycles. The molecule has 0 saturated carbocycles. The van der Waals surface area contributed by atoms with Gasteiger partial charge in [-0.3, -0.25) is 0 Å². The van der Waals surface area contributed by atoms with Crippen LogP contribution in [0.15, 0.2) is 42.5 Å². The summed E-state index contributed by atoms with van der Waals surface area (Å²) in [5, 5.41) is 0.614. The maximum atomic E-state index is 6.06. The van der Waals surface area contributed by atoms with Gasteiger partial charge in [0, 0.05) is 16.3 Å². The summed E-state index contributed by atoms with van der Waals surface area (Å²) in [7, 11) is 1.63. The van der Waals surface area contributed by atoms with Crippen molar-refractivity contribution in [1.82, 2.24) is 0 Å². The van der Waals surface area contributed by atoms with Crippen LogP contribution >= 0.6 is 11.6 Å². The van der Waals surface area contributed by atoms with Crippen LogP contribution in [-0.2, 0) is 6.61 Å². The lowest BCUT2D eigenvalue weighted by Crippen LogP contribution is -2.01. The molecular formula is C14H14ClNO2. The first-order valence-corrected chi connectivity index (χ1v) is 5.88. The first-order valence-electron chi connectivity index (χ1n) is 5.50. The van der Waals surface area contributed by atoms with E-state index in [0.717, 1.165) is 17.1 Å². The molecule has 0 bridgehead atoms. The van der Waals surface area contributed by atoms with Gasteiger partial charge in [0.25, 0.3) is 0 Å². The van der Waals surface area contributed by atoms with Crippen LogP contribution in [0.3, 0.4) is 0 Å². The van der Waals surface area contributed by atoms with Crippen LogP contribution in [0.25, 0.3) is 0 Å². The second-order valence-corrected chi connectivity index (χ2v) is 4.18. The van der Waals surface area contributed by atoms with Gasteiger partial charge in [0.15, 0.2) is 0 Å². The van der Waals surface area contributed by atoms with E-state index in [1.807, 2.05) is 30.3 Å². The summed E-state index contributed by atoms with van der Waals surface area (Å²) in [5.41, 5.74) is 7.28. The molecule has 2 N–H and O–H groups in total. The normalized spacial score (nSPS) is 10.1. The molecule has 0 aliphatic rings. The highest BCUT2D eigenvalue weighted by molar-refractivity contribution is 6.31. The number of halogens is 1. The second-order valence-electron chi connectivity index (χ2n) is 3.77. The van der Waals surface area contributed by atoms with Crippen molar-refractivity contribution in [2.75, 3.05) is 12.8 Å². The van der Waals surface area contributed by atoms with Crippen molar-refractivity contribution in [1.29, 1.82) is 0 Å². The number of hydrogen-bond acceptors (Lipinski definition) is 3. The molecule has 0 unspecified atom stereocenters. The number of benzene rings is 2. The van der Waals surface area contributed by atoms with Crippen LogP contribution in [0.1, 0.15) is 5.56 Å². The summed E-state index contributed by atoms with van der Waals surface area (Å²) < 4.78 is 10.7. The van der Waals surface area contributed by atoms with Crippen LogP contribution in [0.2, 0.25) is 5.02 Å². The maximum absolute atomic E-state index is 6.06. The Balaban J connectivity index is 2.06. The van der Waals surface area contributed by atoms with Gasteiger partial charge in [-0.2, -0.15) is 0 Å². The van der Waals surface area contributed by atoms with Crippen LogP contribution < -0.4 is 15.2 Å². The number of ether oxygens (including phenoxy) is 2. The van der Waals surface area contributed by atoms with Gasteiger partial charge in [0.1, 0.15) is 18.1 Å². The molecule has 0 aliphatic carbocycles. The molecule has 3 nitrogen and oxygen atoms in total. The van der Waals surface area contributed by atoms with E-state index in [1.54, 1.807) is 19.2 Å². The molecule has 0 amide bonds. The molecule has 0 aliphatic heterocycles. The Hall–Kier alpha value is -1.87. The van der Waals surface area contributed by atoms with Crippen molar-refractivity contribution < 1.29 is 9.47 Å². The number of methoxy groups -OCH3 is 1. The van der Waals surface area contributed by atoms with E-state index in [-0.39, 0.29) is 0 Å². The Bertz CT molecular complexity index is 506. The molecule has 2 aromatic carbocycles. The SMILES string of the molecule is COc1ccc(OCc2c(N)cccc2Cl)cc1. The molecule has 2 rings (SSSR count). The molecule has 0 atom stereocenters. The number of nitrogens with two attached hydrogens (primary N) is 1. The van der Waals surface area contributed by atoms with Gasteiger partial charge >= 0.3 is 0 Å². The highest BCUT2D eigenvalue weighted by Gasteiger charge is 2.05. The van der Waals surface area contributed by atoms with Crippen molar-refractivity contribution in [3.8, 4) is 11.5 Å². The van der Waals surface area contributed by atoms with E-state index >= 15 is 0 Å². The third-order valence-corrected chi connectivity index (χ3v) is 2.95. The molecule has 18 heavy (non-hydrogen) atoms. The average Bonchev–Trinajstić information content (AvgIpc) is 2.39. The summed E-state index contributed by atoms with van der Waals surface area (Å²) in [6, 6.07) is 12.8. The fourth-order valence-electron chi connectivity index (χ4n) is 1.56. The van der Waals surface area contributed by atoms with Gasteiger partial charge < -0.3 is 15.2 Å². The van der Waals surface area contributed by atoms with E-state index in [9.17, 15) is 0 Å². The number of anilines is 1. The number of hydrogen-bond donors (Lipinski definition) is 1. The lowest BCUT2D eigenvalue weighted by Gasteiger charge is -2.10. The topological polar surface area (TPSA) is 44.5 Å². The summed E-state index contributed by atoms with van der Waals surface area (Å²) in [6.07, 6.45) is 0. The van der Waals surface area contributed by atoms with E-state index in [4.69, 9.17) is 26.8 Å². The van der Waals surface area contributed by atoms with Crippen LogP contribution in [0.5, 0.6) is 11.5 Å². The molecule has 0 heterocycles. The van der Waals surface area contributed by atoms with E-state index in [0.29, 0.717) is 17.3 Å². The zero-order valence-electron chi connectivity index (χ0n) is 10.0. The summed E-state index contributed by atoms with van der Waals surface area (Å²) >= 11 is 6.06. The third-order valence-electron chi connectivity index (χ3n) is 2.60. The van der Waals surface area contributed by atoms with Crippen LogP contribution in [0.4, 0.5) is 5.69 Å². The molecule has 0 fully saturated rings. The van der Waals surface area contributed by atoms with E-state index in [2.05, 4.69) is 0 Å². The van der Waals surface area contributed by atoms with Gasteiger partial charge in [-0.15, -0.1) is 0 Å². The third kappa shape index (κ3) is 2.87. The van der Waals surface area contributed by atoms with E-state index in [1.165, 1.54) is 0 Å². The molecule has 94 valence electrons. The van der Waals surface area contributed by atoms with Crippen molar-refractivity contribution in [3.63, 3.8) is 0 Å². The lowest BCUT2D eigenvalue weighted by atomic mass is 10.2. The minimum Gasteiger partial charge on any atom is -0.497 e. The fraction of sp³-hybridized carbons (Fsp3) is 0.143. The molecule has 0 saturated heterocycles. The Labute approximate surface area is 111 Å². The molecule has 4 heteroatoms. The quantitative estimate of drug-likeness (QED) is 0.859. The predicted octanol–water partition coefficient (Wildman–Crippen LogP) is 3.51. The molecular weight excluding hydrogens is 250 g/mol. The maximum Gasteiger partial charge on any atom is 0.120 e. The molecule has 0 spiro atoms. The largest absolute Gasteiger partial charge is 0.497 e. The second kappa shape index (κ2) is 5.65. The molecule has 0 radical (unpaired) electrons. The minimum absolute atomic E-state index is 0.345. The first-order chi connectivity index (χ1) is 8.70. The monoisotopic (exact) mass is 263 g/mol. The zero-order chi connectivity index (χ0) is 13.0. The summed E-state index contributed by atoms with van der Waals surface area (Å²) in [4.78, 5) is 0. The molecule has 2 aromatic rings. The van der Waals surface area contributed by atoms with Crippen molar-refractivity contribution in [3.05, 3.63) is 53.1 Å². The Morgan fingerprint density at radius 1 is 1.06 bits per heavy atom.